The van der Waals surface area contributed by atoms with Gasteiger partial charge in [0.05, 0.1) is 16.2 Å². The minimum Gasteiger partial charge on any atom is -0.454 e. The zero-order valence-corrected chi connectivity index (χ0v) is 15.3. The number of hydrogen-bond acceptors (Lipinski definition) is 5. The van der Waals surface area contributed by atoms with E-state index in [-0.39, 0.29) is 22.7 Å². The topological polar surface area (TPSA) is 111 Å². The summed E-state index contributed by atoms with van der Waals surface area (Å²) in [5.74, 6) is 0.105. The molecule has 0 atom stereocenters. The van der Waals surface area contributed by atoms with E-state index >= 15 is 0 Å². The van der Waals surface area contributed by atoms with E-state index in [9.17, 15) is 19.7 Å². The molecule has 2 amide bonds. The van der Waals surface area contributed by atoms with Crippen LogP contribution in [0.3, 0.4) is 0 Å². The van der Waals surface area contributed by atoms with Gasteiger partial charge in [-0.05, 0) is 55.0 Å². The Morgan fingerprint density at radius 1 is 1.03 bits per heavy atom. The second kappa shape index (κ2) is 7.08. The van der Waals surface area contributed by atoms with Crippen LogP contribution >= 0.6 is 0 Å². The van der Waals surface area contributed by atoms with Gasteiger partial charge in [0, 0.05) is 23.4 Å². The third kappa shape index (κ3) is 3.63. The third-order valence-electron chi connectivity index (χ3n) is 4.43. The quantitative estimate of drug-likeness (QED) is 0.506. The fourth-order valence-electron chi connectivity index (χ4n) is 2.95. The highest BCUT2D eigenvalue weighted by molar-refractivity contribution is 6.10. The van der Waals surface area contributed by atoms with Crippen molar-refractivity contribution >= 4 is 28.9 Å². The van der Waals surface area contributed by atoms with Crippen LogP contribution in [0.25, 0.3) is 0 Å². The van der Waals surface area contributed by atoms with Crippen molar-refractivity contribution in [3.8, 4) is 11.5 Å². The van der Waals surface area contributed by atoms with Crippen molar-refractivity contribution in [2.24, 2.45) is 0 Å². The Labute approximate surface area is 165 Å². The van der Waals surface area contributed by atoms with Crippen LogP contribution < -0.4 is 15.4 Å². The lowest BCUT2D eigenvalue weighted by molar-refractivity contribution is -0.384. The van der Waals surface area contributed by atoms with Crippen LogP contribution in [0.15, 0.2) is 60.7 Å². The molecule has 0 spiro atoms. The number of carbonyl (C=O) groups is 2. The van der Waals surface area contributed by atoms with E-state index in [1.54, 1.807) is 18.2 Å². The smallest absolute Gasteiger partial charge is 0.269 e. The molecule has 8 nitrogen and oxygen atoms in total. The minimum atomic E-state index is -0.535. The predicted octanol–water partition coefficient (Wildman–Crippen LogP) is 4.51. The molecule has 144 valence electrons. The fourth-order valence-corrected chi connectivity index (χ4v) is 2.95. The van der Waals surface area contributed by atoms with Gasteiger partial charge in [0.25, 0.3) is 17.5 Å². The van der Waals surface area contributed by atoms with Crippen molar-refractivity contribution in [1.29, 1.82) is 0 Å². The van der Waals surface area contributed by atoms with Crippen LogP contribution in [-0.2, 0) is 0 Å². The standard InChI is InChI=1S/C21H15N3O5/c1-12-2-8-19-17(10-12)23-21(26)16-11-14(5-9-18(16)29-19)22-20(25)13-3-6-15(7-4-13)24(27)28/h2-11H,1H3,(H,22,25)(H,23,26). The van der Waals surface area contributed by atoms with E-state index in [1.807, 2.05) is 19.1 Å². The molecular formula is C21H15N3O5. The number of benzene rings is 3. The lowest BCUT2D eigenvalue weighted by Crippen LogP contribution is -2.14. The molecule has 8 heteroatoms. The average molecular weight is 389 g/mol. The van der Waals surface area contributed by atoms with Gasteiger partial charge in [0.15, 0.2) is 5.75 Å². The largest absolute Gasteiger partial charge is 0.454 e. The van der Waals surface area contributed by atoms with Gasteiger partial charge in [-0.25, -0.2) is 0 Å². The number of amides is 2. The first kappa shape index (κ1) is 18.2. The monoisotopic (exact) mass is 389 g/mol. The van der Waals surface area contributed by atoms with Crippen molar-refractivity contribution in [2.75, 3.05) is 10.6 Å². The number of ether oxygens (including phenoxy) is 1. The number of nitrogens with zero attached hydrogens (tertiary/aromatic N) is 1. The van der Waals surface area contributed by atoms with Crippen LogP contribution in [-0.4, -0.2) is 16.7 Å². The highest BCUT2D eigenvalue weighted by atomic mass is 16.6. The Morgan fingerprint density at radius 2 is 1.76 bits per heavy atom. The second-order valence-electron chi connectivity index (χ2n) is 6.52. The maximum atomic E-state index is 12.6. The summed E-state index contributed by atoms with van der Waals surface area (Å²) in [6.07, 6.45) is 0. The number of rotatable bonds is 3. The molecule has 0 aliphatic carbocycles. The Kier molecular flexibility index (Phi) is 4.44. The fraction of sp³-hybridized carbons (Fsp3) is 0.0476. The van der Waals surface area contributed by atoms with E-state index in [0.717, 1.165) is 5.56 Å². The molecule has 1 heterocycles. The van der Waals surface area contributed by atoms with Crippen LogP contribution in [0.5, 0.6) is 11.5 Å². The molecular weight excluding hydrogens is 374 g/mol. The third-order valence-corrected chi connectivity index (χ3v) is 4.43. The zero-order valence-electron chi connectivity index (χ0n) is 15.3. The molecule has 0 saturated heterocycles. The number of aryl methyl sites for hydroxylation is 1. The molecule has 2 N–H and O–H groups in total. The van der Waals surface area contributed by atoms with Gasteiger partial charge in [0.1, 0.15) is 5.75 Å². The lowest BCUT2D eigenvalue weighted by atomic mass is 10.1. The summed E-state index contributed by atoms with van der Waals surface area (Å²) < 4.78 is 5.85. The predicted molar refractivity (Wildman–Crippen MR) is 107 cm³/mol. The summed E-state index contributed by atoms with van der Waals surface area (Å²) in [6, 6.07) is 15.5. The first-order valence-corrected chi connectivity index (χ1v) is 8.70. The van der Waals surface area contributed by atoms with Crippen LogP contribution in [0.2, 0.25) is 0 Å². The molecule has 0 unspecified atom stereocenters. The van der Waals surface area contributed by atoms with Gasteiger partial charge in [-0.15, -0.1) is 0 Å². The Bertz CT molecular complexity index is 1160. The molecule has 29 heavy (non-hydrogen) atoms. The molecule has 0 bridgehead atoms. The SMILES string of the molecule is Cc1ccc2c(c1)NC(=O)c1cc(NC(=O)c3ccc([N+](=O)[O-])cc3)ccc1O2. The van der Waals surface area contributed by atoms with Crippen molar-refractivity contribution in [2.45, 2.75) is 6.92 Å². The van der Waals surface area contributed by atoms with Gasteiger partial charge < -0.3 is 15.4 Å². The summed E-state index contributed by atoms with van der Waals surface area (Å²) in [4.78, 5) is 35.2. The molecule has 0 saturated carbocycles. The Hall–Kier alpha value is -4.20. The number of non-ortho nitro benzene ring substituents is 1. The molecule has 0 radical (unpaired) electrons. The van der Waals surface area contributed by atoms with Crippen LogP contribution in [0.1, 0.15) is 26.3 Å². The number of nitrogens with one attached hydrogen (secondary N) is 2. The highest BCUT2D eigenvalue weighted by Crippen LogP contribution is 2.37. The van der Waals surface area contributed by atoms with E-state index in [0.29, 0.717) is 22.9 Å². The normalized spacial score (nSPS) is 12.0. The summed E-state index contributed by atoms with van der Waals surface area (Å²) in [6.45, 7) is 1.91. The number of anilines is 2. The van der Waals surface area contributed by atoms with Gasteiger partial charge in [0.2, 0.25) is 0 Å². The first-order chi connectivity index (χ1) is 13.9. The van der Waals surface area contributed by atoms with Crippen LogP contribution in [0, 0.1) is 17.0 Å². The average Bonchev–Trinajstić information content (AvgIpc) is 2.83. The Morgan fingerprint density at radius 3 is 2.48 bits per heavy atom. The first-order valence-electron chi connectivity index (χ1n) is 8.70. The van der Waals surface area contributed by atoms with Gasteiger partial charge in [-0.1, -0.05) is 6.07 Å². The van der Waals surface area contributed by atoms with E-state index in [1.165, 1.54) is 30.3 Å². The number of fused-ring (bicyclic) bond motifs is 2. The Balaban J connectivity index is 1.58. The minimum absolute atomic E-state index is 0.102. The highest BCUT2D eigenvalue weighted by Gasteiger charge is 2.22. The molecule has 0 aromatic heterocycles. The van der Waals surface area contributed by atoms with Gasteiger partial charge >= 0.3 is 0 Å². The molecule has 4 rings (SSSR count). The van der Waals surface area contributed by atoms with Crippen molar-refractivity contribution in [1.82, 2.24) is 0 Å². The molecule has 1 aliphatic heterocycles. The molecule has 3 aromatic rings. The number of carbonyl (C=O) groups excluding carboxylic acids is 2. The van der Waals surface area contributed by atoms with E-state index in [4.69, 9.17) is 4.74 Å². The van der Waals surface area contributed by atoms with E-state index in [2.05, 4.69) is 10.6 Å². The van der Waals surface area contributed by atoms with E-state index < -0.39 is 10.8 Å². The zero-order chi connectivity index (χ0) is 20.5. The maximum absolute atomic E-state index is 12.6. The van der Waals surface area contributed by atoms with Crippen LogP contribution in [0.4, 0.5) is 17.1 Å². The second-order valence-corrected chi connectivity index (χ2v) is 6.52. The summed E-state index contributed by atoms with van der Waals surface area (Å²) >= 11 is 0. The van der Waals surface area contributed by atoms with Gasteiger partial charge in [-0.3, -0.25) is 19.7 Å². The van der Waals surface area contributed by atoms with Crippen molar-refractivity contribution < 1.29 is 19.2 Å². The number of nitro benzene ring substituents is 1. The summed E-state index contributed by atoms with van der Waals surface area (Å²) in [5.41, 5.74) is 2.38. The van der Waals surface area contributed by atoms with Crippen molar-refractivity contribution in [3.63, 3.8) is 0 Å². The molecule has 0 fully saturated rings. The molecule has 3 aromatic carbocycles. The number of hydrogen-bond donors (Lipinski definition) is 2. The number of nitro groups is 1. The lowest BCUT2D eigenvalue weighted by Gasteiger charge is -2.10. The van der Waals surface area contributed by atoms with Gasteiger partial charge in [-0.2, -0.15) is 0 Å². The maximum Gasteiger partial charge on any atom is 0.269 e. The van der Waals surface area contributed by atoms with Crippen molar-refractivity contribution in [3.05, 3.63) is 87.5 Å². The molecule has 1 aliphatic rings. The summed E-state index contributed by atoms with van der Waals surface area (Å²) in [7, 11) is 0. The summed E-state index contributed by atoms with van der Waals surface area (Å²) in [5, 5.41) is 16.2.